The van der Waals surface area contributed by atoms with E-state index in [4.69, 9.17) is 0 Å². The lowest BCUT2D eigenvalue weighted by atomic mass is 9.80. The van der Waals surface area contributed by atoms with Crippen molar-refractivity contribution in [1.82, 2.24) is 20.5 Å². The Hall–Kier alpha value is -2.50. The highest BCUT2D eigenvalue weighted by molar-refractivity contribution is 5.79. The molecule has 1 saturated carbocycles. The molecule has 1 aliphatic carbocycles. The van der Waals surface area contributed by atoms with Gasteiger partial charge in [-0.1, -0.05) is 50.6 Å². The van der Waals surface area contributed by atoms with Gasteiger partial charge in [-0.25, -0.2) is 0 Å². The van der Waals surface area contributed by atoms with Gasteiger partial charge in [0.25, 0.3) is 5.56 Å². The molecular weight excluding hydrogens is 340 g/mol. The van der Waals surface area contributed by atoms with Crippen molar-refractivity contribution in [3.63, 3.8) is 0 Å². The minimum Gasteiger partial charge on any atom is -0.347 e. The summed E-state index contributed by atoms with van der Waals surface area (Å²) in [7, 11) is 0. The molecule has 0 bridgehead atoms. The summed E-state index contributed by atoms with van der Waals surface area (Å²) in [5.74, 6) is 1.25. The first-order chi connectivity index (χ1) is 13.1. The van der Waals surface area contributed by atoms with Crippen LogP contribution < -0.4 is 10.9 Å². The van der Waals surface area contributed by atoms with E-state index in [1.54, 1.807) is 0 Å². The van der Waals surface area contributed by atoms with Gasteiger partial charge in [-0.2, -0.15) is 0 Å². The molecule has 1 aromatic heterocycles. The first-order valence-electron chi connectivity index (χ1n) is 9.95. The SMILES string of the molecule is CCC1CCC(C(=O)NC(CC)c2nnc(-c3ccccc3)[nH]c2=O)CC1. The number of rotatable bonds is 6. The predicted octanol–water partition coefficient (Wildman–Crippen LogP) is 3.62. The van der Waals surface area contributed by atoms with Crippen LogP contribution in [0.2, 0.25) is 0 Å². The van der Waals surface area contributed by atoms with E-state index in [1.165, 1.54) is 6.42 Å². The molecule has 1 aromatic carbocycles. The maximum absolute atomic E-state index is 12.7. The molecule has 1 heterocycles. The molecule has 1 amide bonds. The molecule has 1 fully saturated rings. The molecular formula is C21H28N4O2. The Morgan fingerprint density at radius 2 is 1.85 bits per heavy atom. The molecule has 6 heteroatoms. The highest BCUT2D eigenvalue weighted by atomic mass is 16.2. The number of benzene rings is 1. The van der Waals surface area contributed by atoms with Crippen LogP contribution in [-0.4, -0.2) is 21.1 Å². The Bertz CT molecular complexity index is 810. The standard InChI is InChI=1S/C21H28N4O2/c1-3-14-10-12-16(13-11-14)20(26)22-17(4-2)18-21(27)23-19(25-24-18)15-8-6-5-7-9-15/h5-9,14,16-17H,3-4,10-13H2,1-2H3,(H,22,26)(H,23,25,27). The highest BCUT2D eigenvalue weighted by Crippen LogP contribution is 2.31. The topological polar surface area (TPSA) is 87.7 Å². The van der Waals surface area contributed by atoms with Crippen molar-refractivity contribution in [1.29, 1.82) is 0 Å². The summed E-state index contributed by atoms with van der Waals surface area (Å²) in [6, 6.07) is 8.98. The molecule has 2 aromatic rings. The molecule has 6 nitrogen and oxygen atoms in total. The number of aromatic nitrogens is 3. The fraction of sp³-hybridized carbons (Fsp3) is 0.524. The van der Waals surface area contributed by atoms with Crippen LogP contribution in [-0.2, 0) is 4.79 Å². The van der Waals surface area contributed by atoms with Gasteiger partial charge in [0.05, 0.1) is 6.04 Å². The Kier molecular flexibility index (Phi) is 6.37. The van der Waals surface area contributed by atoms with Gasteiger partial charge in [-0.05, 0) is 38.0 Å². The second-order valence-corrected chi connectivity index (χ2v) is 7.35. The second kappa shape index (κ2) is 8.93. The third kappa shape index (κ3) is 4.62. The number of carbonyl (C=O) groups excluding carboxylic acids is 1. The summed E-state index contributed by atoms with van der Waals surface area (Å²) in [6.45, 7) is 4.15. The monoisotopic (exact) mass is 368 g/mol. The smallest absolute Gasteiger partial charge is 0.275 e. The fourth-order valence-electron chi connectivity index (χ4n) is 3.79. The zero-order chi connectivity index (χ0) is 19.2. The average molecular weight is 368 g/mol. The minimum atomic E-state index is -0.414. The van der Waals surface area contributed by atoms with Crippen LogP contribution >= 0.6 is 0 Å². The minimum absolute atomic E-state index is 0.0322. The van der Waals surface area contributed by atoms with Crippen molar-refractivity contribution < 1.29 is 4.79 Å². The number of H-pyrrole nitrogens is 1. The van der Waals surface area contributed by atoms with Crippen LogP contribution in [0.3, 0.4) is 0 Å². The van der Waals surface area contributed by atoms with Crippen molar-refractivity contribution >= 4 is 5.91 Å². The van der Waals surface area contributed by atoms with E-state index in [-0.39, 0.29) is 23.1 Å². The predicted molar refractivity (Wildman–Crippen MR) is 105 cm³/mol. The third-order valence-corrected chi connectivity index (χ3v) is 5.62. The third-order valence-electron chi connectivity index (χ3n) is 5.62. The Balaban J connectivity index is 1.70. The quantitative estimate of drug-likeness (QED) is 0.815. The first kappa shape index (κ1) is 19.3. The lowest BCUT2D eigenvalue weighted by Gasteiger charge is -2.28. The molecule has 27 heavy (non-hydrogen) atoms. The first-order valence-corrected chi connectivity index (χ1v) is 9.95. The number of carbonyl (C=O) groups is 1. The molecule has 1 unspecified atom stereocenters. The molecule has 1 aliphatic rings. The zero-order valence-corrected chi connectivity index (χ0v) is 16.1. The van der Waals surface area contributed by atoms with Gasteiger partial charge in [0, 0.05) is 11.5 Å². The van der Waals surface area contributed by atoms with Crippen LogP contribution in [0.5, 0.6) is 0 Å². The second-order valence-electron chi connectivity index (χ2n) is 7.35. The summed E-state index contributed by atoms with van der Waals surface area (Å²) in [5, 5.41) is 11.3. The molecule has 0 saturated heterocycles. The van der Waals surface area contributed by atoms with Gasteiger partial charge in [0.15, 0.2) is 11.5 Å². The van der Waals surface area contributed by atoms with E-state index in [2.05, 4.69) is 27.4 Å². The van der Waals surface area contributed by atoms with Crippen LogP contribution in [0.15, 0.2) is 35.1 Å². The summed E-state index contributed by atoms with van der Waals surface area (Å²) in [4.78, 5) is 28.0. The van der Waals surface area contributed by atoms with Crippen molar-refractivity contribution in [3.05, 3.63) is 46.4 Å². The van der Waals surface area contributed by atoms with Gasteiger partial charge >= 0.3 is 0 Å². The molecule has 0 aliphatic heterocycles. The van der Waals surface area contributed by atoms with Crippen molar-refractivity contribution in [2.75, 3.05) is 0 Å². The van der Waals surface area contributed by atoms with Crippen LogP contribution in [0, 0.1) is 11.8 Å². The maximum Gasteiger partial charge on any atom is 0.275 e. The van der Waals surface area contributed by atoms with Gasteiger partial charge in [0.2, 0.25) is 5.91 Å². The van der Waals surface area contributed by atoms with E-state index in [0.717, 1.165) is 37.2 Å². The molecule has 0 radical (unpaired) electrons. The molecule has 2 N–H and O–H groups in total. The molecule has 144 valence electrons. The highest BCUT2D eigenvalue weighted by Gasteiger charge is 2.28. The van der Waals surface area contributed by atoms with Crippen LogP contribution in [0.25, 0.3) is 11.4 Å². The Morgan fingerprint density at radius 3 is 2.44 bits per heavy atom. The Labute approximate surface area is 159 Å². The number of nitrogens with one attached hydrogen (secondary N) is 2. The number of hydrogen-bond donors (Lipinski definition) is 2. The number of nitrogens with zero attached hydrogens (tertiary/aromatic N) is 2. The van der Waals surface area contributed by atoms with E-state index >= 15 is 0 Å². The van der Waals surface area contributed by atoms with Gasteiger partial charge in [0.1, 0.15) is 0 Å². The van der Waals surface area contributed by atoms with Gasteiger partial charge in [-0.3, -0.25) is 9.59 Å². The lowest BCUT2D eigenvalue weighted by molar-refractivity contribution is -0.127. The summed E-state index contributed by atoms with van der Waals surface area (Å²) < 4.78 is 0. The fourth-order valence-corrected chi connectivity index (χ4v) is 3.79. The van der Waals surface area contributed by atoms with Crippen LogP contribution in [0.1, 0.15) is 64.1 Å². The van der Waals surface area contributed by atoms with E-state index < -0.39 is 6.04 Å². The normalized spacial score (nSPS) is 20.8. The van der Waals surface area contributed by atoms with Gasteiger partial charge in [-0.15, -0.1) is 10.2 Å². The summed E-state index contributed by atoms with van der Waals surface area (Å²) in [6.07, 6.45) is 5.85. The lowest BCUT2D eigenvalue weighted by Crippen LogP contribution is -2.38. The molecule has 0 spiro atoms. The number of amides is 1. The average Bonchev–Trinajstić information content (AvgIpc) is 2.72. The summed E-state index contributed by atoms with van der Waals surface area (Å²) >= 11 is 0. The van der Waals surface area contributed by atoms with E-state index in [9.17, 15) is 9.59 Å². The molecule has 3 rings (SSSR count). The van der Waals surface area contributed by atoms with Gasteiger partial charge < -0.3 is 10.3 Å². The summed E-state index contributed by atoms with van der Waals surface area (Å²) in [5.41, 5.74) is 0.775. The molecule has 1 atom stereocenters. The zero-order valence-electron chi connectivity index (χ0n) is 16.1. The van der Waals surface area contributed by atoms with Crippen molar-refractivity contribution in [2.45, 2.75) is 58.4 Å². The Morgan fingerprint density at radius 1 is 1.15 bits per heavy atom. The van der Waals surface area contributed by atoms with E-state index in [1.807, 2.05) is 37.3 Å². The number of hydrogen-bond acceptors (Lipinski definition) is 4. The maximum atomic E-state index is 12.7. The van der Waals surface area contributed by atoms with Crippen LogP contribution in [0.4, 0.5) is 0 Å². The van der Waals surface area contributed by atoms with Crippen molar-refractivity contribution in [3.8, 4) is 11.4 Å². The largest absolute Gasteiger partial charge is 0.347 e. The number of aromatic amines is 1. The van der Waals surface area contributed by atoms with Crippen molar-refractivity contribution in [2.24, 2.45) is 11.8 Å². The van der Waals surface area contributed by atoms with E-state index in [0.29, 0.717) is 12.2 Å².